The van der Waals surface area contributed by atoms with Gasteiger partial charge in [-0.2, -0.15) is 5.10 Å². The van der Waals surface area contributed by atoms with Gasteiger partial charge in [0.05, 0.1) is 17.1 Å². The van der Waals surface area contributed by atoms with Gasteiger partial charge in [0.15, 0.2) is 5.65 Å². The molecule has 1 atom stereocenters. The maximum atomic E-state index is 11.4. The van der Waals surface area contributed by atoms with Gasteiger partial charge < -0.3 is 10.0 Å². The van der Waals surface area contributed by atoms with Crippen molar-refractivity contribution in [3.63, 3.8) is 0 Å². The number of rotatable bonds is 2. The molecule has 112 valence electrons. The van der Waals surface area contributed by atoms with Crippen LogP contribution in [0.3, 0.4) is 0 Å². The second kappa shape index (κ2) is 4.68. The Labute approximate surface area is 122 Å². The van der Waals surface area contributed by atoms with Crippen LogP contribution in [0.2, 0.25) is 0 Å². The molecule has 1 saturated heterocycles. The van der Waals surface area contributed by atoms with Crippen molar-refractivity contribution in [2.75, 3.05) is 11.4 Å². The summed E-state index contributed by atoms with van der Waals surface area (Å²) >= 11 is 0. The Kier molecular flexibility index (Phi) is 3.07. The number of carboxylic acids is 1. The van der Waals surface area contributed by atoms with Gasteiger partial charge in [0.25, 0.3) is 0 Å². The summed E-state index contributed by atoms with van der Waals surface area (Å²) in [6.07, 6.45) is 4.72. The van der Waals surface area contributed by atoms with Crippen molar-refractivity contribution in [3.05, 3.63) is 12.5 Å². The van der Waals surface area contributed by atoms with Gasteiger partial charge in [0.2, 0.25) is 0 Å². The van der Waals surface area contributed by atoms with E-state index in [2.05, 4.69) is 35.8 Å². The number of fused-ring (bicyclic) bond motifs is 1. The predicted molar refractivity (Wildman–Crippen MR) is 78.3 cm³/mol. The highest BCUT2D eigenvalue weighted by molar-refractivity contribution is 5.90. The number of carboxylic acid groups (broad SMARTS) is 1. The SMILES string of the molecule is CC(C)(C)n1ncc2c(N3CCC[C@@H]3C(=O)O)ncnc21. The van der Waals surface area contributed by atoms with Crippen LogP contribution in [0.5, 0.6) is 0 Å². The molecular formula is C14H19N5O2. The number of hydrogen-bond donors (Lipinski definition) is 1. The van der Waals surface area contributed by atoms with E-state index in [1.807, 2.05) is 9.58 Å². The topological polar surface area (TPSA) is 84.1 Å². The van der Waals surface area contributed by atoms with Gasteiger partial charge in [-0.25, -0.2) is 19.4 Å². The van der Waals surface area contributed by atoms with Crippen LogP contribution in [0, 0.1) is 0 Å². The third-order valence-corrected chi connectivity index (χ3v) is 3.79. The summed E-state index contributed by atoms with van der Waals surface area (Å²) in [4.78, 5) is 21.9. The van der Waals surface area contributed by atoms with Crippen molar-refractivity contribution in [2.24, 2.45) is 0 Å². The standard InChI is InChI=1S/C14H19N5O2/c1-14(2,3)19-12-9(7-17-19)11(15-8-16-12)18-6-4-5-10(18)13(20)21/h7-8,10H,4-6H2,1-3H3,(H,20,21)/t10-/m1/s1. The summed E-state index contributed by atoms with van der Waals surface area (Å²) in [6, 6.07) is -0.513. The summed E-state index contributed by atoms with van der Waals surface area (Å²) in [7, 11) is 0. The zero-order valence-electron chi connectivity index (χ0n) is 12.4. The molecule has 2 aromatic heterocycles. The zero-order chi connectivity index (χ0) is 15.2. The lowest BCUT2D eigenvalue weighted by Crippen LogP contribution is -2.36. The average molecular weight is 289 g/mol. The van der Waals surface area contributed by atoms with E-state index in [4.69, 9.17) is 0 Å². The molecule has 7 heteroatoms. The van der Waals surface area contributed by atoms with Gasteiger partial charge in [0, 0.05) is 6.54 Å². The second-order valence-electron chi connectivity index (χ2n) is 6.35. The van der Waals surface area contributed by atoms with Crippen LogP contribution in [-0.2, 0) is 10.3 Å². The summed E-state index contributed by atoms with van der Waals surface area (Å²) in [6.45, 7) is 6.86. The first-order valence-corrected chi connectivity index (χ1v) is 7.08. The molecule has 21 heavy (non-hydrogen) atoms. The Morgan fingerprint density at radius 1 is 1.38 bits per heavy atom. The maximum absolute atomic E-state index is 11.4. The van der Waals surface area contributed by atoms with Crippen molar-refractivity contribution in [1.82, 2.24) is 19.7 Å². The highest BCUT2D eigenvalue weighted by Gasteiger charge is 2.33. The monoisotopic (exact) mass is 289 g/mol. The van der Waals surface area contributed by atoms with Gasteiger partial charge in [-0.15, -0.1) is 0 Å². The lowest BCUT2D eigenvalue weighted by molar-refractivity contribution is -0.138. The molecule has 1 N–H and O–H groups in total. The Balaban J connectivity index is 2.12. The molecule has 0 unspecified atom stereocenters. The number of nitrogens with zero attached hydrogens (tertiary/aromatic N) is 5. The number of anilines is 1. The minimum Gasteiger partial charge on any atom is -0.480 e. The van der Waals surface area contributed by atoms with Gasteiger partial charge in [-0.05, 0) is 33.6 Å². The van der Waals surface area contributed by atoms with E-state index in [1.54, 1.807) is 6.20 Å². The van der Waals surface area contributed by atoms with E-state index in [-0.39, 0.29) is 5.54 Å². The molecule has 0 radical (unpaired) electrons. The van der Waals surface area contributed by atoms with Crippen molar-refractivity contribution in [3.8, 4) is 0 Å². The van der Waals surface area contributed by atoms with E-state index in [0.29, 0.717) is 18.8 Å². The highest BCUT2D eigenvalue weighted by Crippen LogP contribution is 2.31. The third-order valence-electron chi connectivity index (χ3n) is 3.79. The molecule has 0 aromatic carbocycles. The fourth-order valence-corrected chi connectivity index (χ4v) is 2.83. The molecule has 7 nitrogen and oxygen atoms in total. The molecule has 0 saturated carbocycles. The van der Waals surface area contributed by atoms with Crippen molar-refractivity contribution >= 4 is 22.8 Å². The molecule has 1 aliphatic heterocycles. The first-order valence-electron chi connectivity index (χ1n) is 7.08. The molecule has 3 rings (SSSR count). The van der Waals surface area contributed by atoms with Crippen LogP contribution in [0.15, 0.2) is 12.5 Å². The molecule has 1 aliphatic rings. The minimum atomic E-state index is -0.803. The smallest absolute Gasteiger partial charge is 0.326 e. The van der Waals surface area contributed by atoms with Gasteiger partial charge in [0.1, 0.15) is 18.2 Å². The Hall–Kier alpha value is -2.18. The second-order valence-corrected chi connectivity index (χ2v) is 6.35. The fraction of sp³-hybridized carbons (Fsp3) is 0.571. The molecule has 0 aliphatic carbocycles. The Bertz CT molecular complexity index is 688. The maximum Gasteiger partial charge on any atom is 0.326 e. The number of aliphatic carboxylic acids is 1. The summed E-state index contributed by atoms with van der Waals surface area (Å²) in [5.41, 5.74) is 0.549. The number of aromatic nitrogens is 4. The summed E-state index contributed by atoms with van der Waals surface area (Å²) in [5.74, 6) is -0.136. The Morgan fingerprint density at radius 3 is 2.81 bits per heavy atom. The molecule has 3 heterocycles. The van der Waals surface area contributed by atoms with E-state index in [1.165, 1.54) is 6.33 Å². The van der Waals surface area contributed by atoms with Crippen molar-refractivity contribution < 1.29 is 9.90 Å². The third kappa shape index (κ3) is 2.22. The fourth-order valence-electron chi connectivity index (χ4n) is 2.83. The summed E-state index contributed by atoms with van der Waals surface area (Å²) < 4.78 is 1.85. The normalized spacial score (nSPS) is 19.4. The van der Waals surface area contributed by atoms with Crippen LogP contribution in [-0.4, -0.2) is 43.4 Å². The van der Waals surface area contributed by atoms with E-state index < -0.39 is 12.0 Å². The number of hydrogen-bond acceptors (Lipinski definition) is 5. The van der Waals surface area contributed by atoms with Crippen LogP contribution in [0.25, 0.3) is 11.0 Å². The largest absolute Gasteiger partial charge is 0.480 e. The molecule has 0 spiro atoms. The van der Waals surface area contributed by atoms with Gasteiger partial charge in [-0.1, -0.05) is 0 Å². The summed E-state index contributed by atoms with van der Waals surface area (Å²) in [5, 5.41) is 14.6. The van der Waals surface area contributed by atoms with E-state index in [9.17, 15) is 9.90 Å². The molecule has 2 aromatic rings. The lowest BCUT2D eigenvalue weighted by atomic mass is 10.1. The van der Waals surface area contributed by atoms with Gasteiger partial charge >= 0.3 is 5.97 Å². The van der Waals surface area contributed by atoms with Crippen molar-refractivity contribution in [2.45, 2.75) is 45.2 Å². The predicted octanol–water partition coefficient (Wildman–Crippen LogP) is 1.63. The Morgan fingerprint density at radius 2 is 2.14 bits per heavy atom. The quantitative estimate of drug-likeness (QED) is 0.904. The van der Waals surface area contributed by atoms with E-state index in [0.717, 1.165) is 17.5 Å². The molecule has 1 fully saturated rings. The van der Waals surface area contributed by atoms with Gasteiger partial charge in [-0.3, -0.25) is 0 Å². The highest BCUT2D eigenvalue weighted by atomic mass is 16.4. The van der Waals surface area contributed by atoms with Crippen LogP contribution in [0.4, 0.5) is 5.82 Å². The first-order chi connectivity index (χ1) is 9.89. The lowest BCUT2D eigenvalue weighted by Gasteiger charge is -2.23. The molecular weight excluding hydrogens is 270 g/mol. The van der Waals surface area contributed by atoms with Crippen molar-refractivity contribution in [1.29, 1.82) is 0 Å². The van der Waals surface area contributed by atoms with Crippen LogP contribution >= 0.6 is 0 Å². The van der Waals surface area contributed by atoms with Crippen LogP contribution < -0.4 is 4.90 Å². The molecule has 0 amide bonds. The zero-order valence-corrected chi connectivity index (χ0v) is 12.4. The minimum absolute atomic E-state index is 0.190. The first kappa shape index (κ1) is 13.8. The van der Waals surface area contributed by atoms with Crippen LogP contribution in [0.1, 0.15) is 33.6 Å². The number of carbonyl (C=O) groups is 1. The average Bonchev–Trinajstić information content (AvgIpc) is 3.04. The van der Waals surface area contributed by atoms with E-state index >= 15 is 0 Å². The molecule has 0 bridgehead atoms.